The lowest BCUT2D eigenvalue weighted by molar-refractivity contribution is 0.0749. The minimum Gasteiger partial charge on any atom is -0.508 e. The highest BCUT2D eigenvalue weighted by molar-refractivity contribution is 5.97. The molecule has 104 valence electrons. The maximum Gasteiger partial charge on any atom is 0.257 e. The summed E-state index contributed by atoms with van der Waals surface area (Å²) in [7, 11) is 0. The molecule has 0 aliphatic carbocycles. The molecule has 1 aromatic heterocycles. The second-order valence-corrected chi connectivity index (χ2v) is 4.38. The quantitative estimate of drug-likeness (QED) is 0.894. The fraction of sp³-hybridized carbons (Fsp3) is 0.200. The van der Waals surface area contributed by atoms with Crippen LogP contribution < -0.4 is 0 Å². The van der Waals surface area contributed by atoms with Crippen LogP contribution in [0.2, 0.25) is 0 Å². The molecule has 1 aromatic carbocycles. The SMILES string of the molecule is CCN(Cc1ccncc1)C(=O)c1ccc(O)cc1O. The van der Waals surface area contributed by atoms with Crippen molar-refractivity contribution in [3.05, 3.63) is 53.9 Å². The number of hydrogen-bond acceptors (Lipinski definition) is 4. The van der Waals surface area contributed by atoms with E-state index in [-0.39, 0.29) is 23.0 Å². The third-order valence-electron chi connectivity index (χ3n) is 3.00. The van der Waals surface area contributed by atoms with Crippen LogP contribution >= 0.6 is 0 Å². The first kappa shape index (κ1) is 13.9. The highest BCUT2D eigenvalue weighted by atomic mass is 16.3. The van der Waals surface area contributed by atoms with E-state index in [1.54, 1.807) is 17.3 Å². The van der Waals surface area contributed by atoms with E-state index < -0.39 is 0 Å². The van der Waals surface area contributed by atoms with Gasteiger partial charge < -0.3 is 15.1 Å². The van der Waals surface area contributed by atoms with Gasteiger partial charge in [0.2, 0.25) is 0 Å². The van der Waals surface area contributed by atoms with E-state index in [2.05, 4.69) is 4.98 Å². The van der Waals surface area contributed by atoms with Crippen molar-refractivity contribution in [2.45, 2.75) is 13.5 Å². The standard InChI is InChI=1S/C15H16N2O3/c1-2-17(10-11-5-7-16-8-6-11)15(20)13-4-3-12(18)9-14(13)19/h3-9,18-19H,2,10H2,1H3. The van der Waals surface area contributed by atoms with Crippen LogP contribution in [-0.2, 0) is 6.54 Å². The van der Waals surface area contributed by atoms with Gasteiger partial charge in [-0.2, -0.15) is 0 Å². The molecule has 0 fully saturated rings. The van der Waals surface area contributed by atoms with Crippen molar-refractivity contribution < 1.29 is 15.0 Å². The van der Waals surface area contributed by atoms with Gasteiger partial charge in [-0.1, -0.05) is 0 Å². The molecular weight excluding hydrogens is 256 g/mol. The summed E-state index contributed by atoms with van der Waals surface area (Å²) in [5, 5.41) is 19.0. The van der Waals surface area contributed by atoms with Gasteiger partial charge in [0.05, 0.1) is 5.56 Å². The molecular formula is C15H16N2O3. The van der Waals surface area contributed by atoms with Crippen molar-refractivity contribution in [1.82, 2.24) is 9.88 Å². The summed E-state index contributed by atoms with van der Waals surface area (Å²) < 4.78 is 0. The Morgan fingerprint density at radius 2 is 1.90 bits per heavy atom. The Labute approximate surface area is 117 Å². The number of rotatable bonds is 4. The Balaban J connectivity index is 2.21. The Bertz CT molecular complexity index is 599. The first-order chi connectivity index (χ1) is 9.61. The van der Waals surface area contributed by atoms with Gasteiger partial charge >= 0.3 is 0 Å². The van der Waals surface area contributed by atoms with Gasteiger partial charge in [-0.25, -0.2) is 0 Å². The van der Waals surface area contributed by atoms with Crippen molar-refractivity contribution in [1.29, 1.82) is 0 Å². The minimum absolute atomic E-state index is 0.0729. The van der Waals surface area contributed by atoms with Crippen LogP contribution in [0.3, 0.4) is 0 Å². The van der Waals surface area contributed by atoms with Crippen molar-refractivity contribution in [3.8, 4) is 11.5 Å². The molecule has 0 spiro atoms. The van der Waals surface area contributed by atoms with Crippen molar-refractivity contribution in [2.75, 3.05) is 6.54 Å². The molecule has 0 unspecified atom stereocenters. The summed E-state index contributed by atoms with van der Waals surface area (Å²) in [6.07, 6.45) is 3.34. The number of carbonyl (C=O) groups excluding carboxylic acids is 1. The van der Waals surface area contributed by atoms with Crippen molar-refractivity contribution in [3.63, 3.8) is 0 Å². The van der Waals surface area contributed by atoms with Gasteiger partial charge in [-0.3, -0.25) is 9.78 Å². The van der Waals surface area contributed by atoms with Crippen LogP contribution in [0.4, 0.5) is 0 Å². The molecule has 0 atom stereocenters. The van der Waals surface area contributed by atoms with Crippen LogP contribution in [0, 0.1) is 0 Å². The number of pyridine rings is 1. The first-order valence-corrected chi connectivity index (χ1v) is 6.32. The van der Waals surface area contributed by atoms with Crippen molar-refractivity contribution >= 4 is 5.91 Å². The Morgan fingerprint density at radius 3 is 2.50 bits per heavy atom. The summed E-state index contributed by atoms with van der Waals surface area (Å²) in [4.78, 5) is 17.9. The Hall–Kier alpha value is -2.56. The third-order valence-corrected chi connectivity index (χ3v) is 3.00. The largest absolute Gasteiger partial charge is 0.508 e. The normalized spacial score (nSPS) is 10.2. The molecule has 1 amide bonds. The van der Waals surface area contributed by atoms with Gasteiger partial charge in [0.25, 0.3) is 5.91 Å². The smallest absolute Gasteiger partial charge is 0.257 e. The molecule has 2 aromatic rings. The Morgan fingerprint density at radius 1 is 1.20 bits per heavy atom. The summed E-state index contributed by atoms with van der Waals surface area (Å²) in [6.45, 7) is 2.83. The average Bonchev–Trinajstić information content (AvgIpc) is 2.45. The first-order valence-electron chi connectivity index (χ1n) is 6.32. The van der Waals surface area contributed by atoms with E-state index >= 15 is 0 Å². The Kier molecular flexibility index (Phi) is 4.20. The average molecular weight is 272 g/mol. The second-order valence-electron chi connectivity index (χ2n) is 4.38. The molecule has 2 rings (SSSR count). The number of aromatic nitrogens is 1. The topological polar surface area (TPSA) is 73.7 Å². The lowest BCUT2D eigenvalue weighted by Crippen LogP contribution is -2.30. The number of amides is 1. The van der Waals surface area contributed by atoms with E-state index in [1.807, 2.05) is 19.1 Å². The lowest BCUT2D eigenvalue weighted by atomic mass is 10.1. The van der Waals surface area contributed by atoms with Gasteiger partial charge in [0.15, 0.2) is 0 Å². The number of phenols is 2. The summed E-state index contributed by atoms with van der Waals surface area (Å²) in [5.41, 5.74) is 1.15. The molecule has 20 heavy (non-hydrogen) atoms. The van der Waals surface area contributed by atoms with Crippen LogP contribution in [0.25, 0.3) is 0 Å². The summed E-state index contributed by atoms with van der Waals surface area (Å²) >= 11 is 0. The second kappa shape index (κ2) is 6.06. The van der Waals surface area contributed by atoms with E-state index in [0.717, 1.165) is 11.6 Å². The maximum atomic E-state index is 12.4. The number of nitrogens with zero attached hydrogens (tertiary/aromatic N) is 2. The molecule has 0 saturated heterocycles. The minimum atomic E-state index is -0.276. The molecule has 0 aliphatic rings. The molecule has 0 bridgehead atoms. The fourth-order valence-electron chi connectivity index (χ4n) is 1.91. The fourth-order valence-corrected chi connectivity index (χ4v) is 1.91. The number of hydrogen-bond donors (Lipinski definition) is 2. The highest BCUT2D eigenvalue weighted by Gasteiger charge is 2.18. The van der Waals surface area contributed by atoms with E-state index in [0.29, 0.717) is 13.1 Å². The number of phenolic OH excluding ortho intramolecular Hbond substituents is 2. The molecule has 1 heterocycles. The summed E-state index contributed by atoms with van der Waals surface area (Å²) in [6, 6.07) is 7.64. The van der Waals surface area contributed by atoms with Gasteiger partial charge in [-0.15, -0.1) is 0 Å². The van der Waals surface area contributed by atoms with Crippen LogP contribution in [0.1, 0.15) is 22.8 Å². The maximum absolute atomic E-state index is 12.4. The zero-order valence-electron chi connectivity index (χ0n) is 11.2. The van der Waals surface area contributed by atoms with Gasteiger partial charge in [0, 0.05) is 31.5 Å². The predicted octanol–water partition coefficient (Wildman–Crippen LogP) is 2.16. The van der Waals surface area contributed by atoms with Crippen LogP contribution in [0.15, 0.2) is 42.7 Å². The number of aromatic hydroxyl groups is 2. The monoisotopic (exact) mass is 272 g/mol. The van der Waals surface area contributed by atoms with Crippen LogP contribution in [0.5, 0.6) is 11.5 Å². The zero-order valence-corrected chi connectivity index (χ0v) is 11.2. The third kappa shape index (κ3) is 3.06. The number of benzene rings is 1. The molecule has 5 nitrogen and oxygen atoms in total. The van der Waals surface area contributed by atoms with Crippen LogP contribution in [-0.4, -0.2) is 32.5 Å². The van der Waals surface area contributed by atoms with E-state index in [9.17, 15) is 15.0 Å². The molecule has 0 saturated carbocycles. The van der Waals surface area contributed by atoms with E-state index in [4.69, 9.17) is 0 Å². The molecule has 5 heteroatoms. The molecule has 0 aliphatic heterocycles. The predicted molar refractivity (Wildman–Crippen MR) is 74.4 cm³/mol. The summed E-state index contributed by atoms with van der Waals surface area (Å²) in [5.74, 6) is -0.568. The number of carbonyl (C=O) groups is 1. The molecule has 2 N–H and O–H groups in total. The van der Waals surface area contributed by atoms with Gasteiger partial charge in [-0.05, 0) is 36.8 Å². The zero-order chi connectivity index (χ0) is 14.5. The van der Waals surface area contributed by atoms with Crippen molar-refractivity contribution in [2.24, 2.45) is 0 Å². The molecule has 0 radical (unpaired) electrons. The highest BCUT2D eigenvalue weighted by Crippen LogP contribution is 2.24. The lowest BCUT2D eigenvalue weighted by Gasteiger charge is -2.21. The van der Waals surface area contributed by atoms with Gasteiger partial charge in [0.1, 0.15) is 11.5 Å². The van der Waals surface area contributed by atoms with E-state index in [1.165, 1.54) is 12.1 Å².